The second kappa shape index (κ2) is 13.9. The molecular formula is C35H35NO3. The molecule has 0 fully saturated rings. The minimum absolute atomic E-state index is 0.361. The zero-order valence-corrected chi connectivity index (χ0v) is 22.8. The summed E-state index contributed by atoms with van der Waals surface area (Å²) in [6, 6.07) is 29.3. The van der Waals surface area contributed by atoms with E-state index in [-0.39, 0.29) is 5.97 Å². The number of nitrogens with zero attached hydrogens (tertiary/aromatic N) is 1. The van der Waals surface area contributed by atoms with Gasteiger partial charge in [0, 0.05) is 31.3 Å². The normalized spacial score (nSPS) is 10.4. The van der Waals surface area contributed by atoms with Gasteiger partial charge in [-0.05, 0) is 90.0 Å². The number of carbonyl (C=O) groups excluding carboxylic acids is 1. The monoisotopic (exact) mass is 517 g/mol. The largest absolute Gasteiger partial charge is 0.491 e. The summed E-state index contributed by atoms with van der Waals surface area (Å²) in [6.45, 7) is 4.49. The molecule has 0 spiro atoms. The summed E-state index contributed by atoms with van der Waals surface area (Å²) in [5, 5.41) is 2.36. The van der Waals surface area contributed by atoms with Gasteiger partial charge in [-0.25, -0.2) is 4.79 Å². The number of unbranched alkanes of at least 4 members (excludes halogenated alkanes) is 3. The zero-order valence-electron chi connectivity index (χ0n) is 22.8. The number of fused-ring (bicyclic) bond motifs is 1. The summed E-state index contributed by atoms with van der Waals surface area (Å²) < 4.78 is 11.1. The van der Waals surface area contributed by atoms with Crippen LogP contribution in [0.2, 0.25) is 0 Å². The molecule has 0 bridgehead atoms. The first-order valence-electron chi connectivity index (χ1n) is 13.4. The maximum atomic E-state index is 11.1. The first kappa shape index (κ1) is 27.5. The molecule has 4 aromatic rings. The lowest BCUT2D eigenvalue weighted by molar-refractivity contribution is -0.137. The predicted octanol–water partition coefficient (Wildman–Crippen LogP) is 7.64. The van der Waals surface area contributed by atoms with Crippen LogP contribution in [0.5, 0.6) is 5.75 Å². The molecule has 198 valence electrons. The molecule has 0 aliphatic heterocycles. The molecule has 4 rings (SSSR count). The Hall–Kier alpha value is -4.49. The van der Waals surface area contributed by atoms with Crippen molar-refractivity contribution in [2.45, 2.75) is 25.7 Å². The van der Waals surface area contributed by atoms with E-state index >= 15 is 0 Å². The van der Waals surface area contributed by atoms with Crippen LogP contribution in [0.25, 0.3) is 21.9 Å². The van der Waals surface area contributed by atoms with Crippen LogP contribution in [0.3, 0.4) is 0 Å². The van der Waals surface area contributed by atoms with Crippen LogP contribution in [0.4, 0.5) is 5.69 Å². The Labute approximate surface area is 231 Å². The van der Waals surface area contributed by atoms with Crippen molar-refractivity contribution in [3.8, 4) is 28.7 Å². The Kier molecular flexibility index (Phi) is 9.80. The fraction of sp³-hybridized carbons (Fsp3) is 0.229. The van der Waals surface area contributed by atoms with Gasteiger partial charge in [0.05, 0.1) is 18.9 Å². The number of carbonyl (C=O) groups is 1. The lowest BCUT2D eigenvalue weighted by Gasteiger charge is -2.19. The van der Waals surface area contributed by atoms with Crippen molar-refractivity contribution >= 4 is 22.4 Å². The Morgan fingerprint density at radius 2 is 1.44 bits per heavy atom. The molecule has 4 nitrogen and oxygen atoms in total. The van der Waals surface area contributed by atoms with Gasteiger partial charge in [0.25, 0.3) is 0 Å². The molecule has 0 aromatic heterocycles. The van der Waals surface area contributed by atoms with Crippen molar-refractivity contribution in [1.82, 2.24) is 0 Å². The first-order chi connectivity index (χ1) is 19.0. The van der Waals surface area contributed by atoms with E-state index in [2.05, 4.69) is 77.9 Å². The molecule has 0 radical (unpaired) electrons. The van der Waals surface area contributed by atoms with E-state index in [1.165, 1.54) is 16.8 Å². The number of hydrogen-bond acceptors (Lipinski definition) is 4. The SMILES string of the molecule is C=CC(=O)OCCCCCCOc1ccc(-c2ccc3cc(C#Cc4ccccc4)ccc3c2)cc1N(C)C. The van der Waals surface area contributed by atoms with E-state index in [0.717, 1.165) is 59.4 Å². The van der Waals surface area contributed by atoms with E-state index in [9.17, 15) is 4.79 Å². The molecular weight excluding hydrogens is 482 g/mol. The fourth-order valence-corrected chi connectivity index (χ4v) is 4.31. The van der Waals surface area contributed by atoms with Crippen LogP contribution in [-0.2, 0) is 9.53 Å². The predicted molar refractivity (Wildman–Crippen MR) is 161 cm³/mol. The van der Waals surface area contributed by atoms with E-state index in [0.29, 0.717) is 13.2 Å². The zero-order chi connectivity index (χ0) is 27.5. The lowest BCUT2D eigenvalue weighted by atomic mass is 9.99. The Morgan fingerprint density at radius 3 is 2.21 bits per heavy atom. The minimum Gasteiger partial charge on any atom is -0.491 e. The maximum Gasteiger partial charge on any atom is 0.330 e. The van der Waals surface area contributed by atoms with Crippen molar-refractivity contribution in [2.75, 3.05) is 32.2 Å². The van der Waals surface area contributed by atoms with Crippen LogP contribution in [-0.4, -0.2) is 33.3 Å². The highest BCUT2D eigenvalue weighted by molar-refractivity contribution is 5.89. The lowest BCUT2D eigenvalue weighted by Crippen LogP contribution is -2.11. The smallest absolute Gasteiger partial charge is 0.330 e. The number of rotatable bonds is 11. The number of esters is 1. The van der Waals surface area contributed by atoms with Crippen LogP contribution in [0.15, 0.2) is 97.6 Å². The molecule has 0 heterocycles. The third kappa shape index (κ3) is 7.99. The van der Waals surface area contributed by atoms with Gasteiger partial charge in [-0.1, -0.05) is 60.9 Å². The number of anilines is 1. The van der Waals surface area contributed by atoms with Gasteiger partial charge >= 0.3 is 5.97 Å². The number of benzene rings is 4. The van der Waals surface area contributed by atoms with E-state index in [4.69, 9.17) is 9.47 Å². The number of ether oxygens (including phenoxy) is 2. The first-order valence-corrected chi connectivity index (χ1v) is 13.4. The van der Waals surface area contributed by atoms with E-state index in [1.54, 1.807) is 0 Å². The van der Waals surface area contributed by atoms with Gasteiger partial charge in [-0.15, -0.1) is 0 Å². The van der Waals surface area contributed by atoms with Gasteiger partial charge in [-0.2, -0.15) is 0 Å². The van der Waals surface area contributed by atoms with Crippen LogP contribution < -0.4 is 9.64 Å². The fourth-order valence-electron chi connectivity index (χ4n) is 4.31. The second-order valence-electron chi connectivity index (χ2n) is 9.60. The quantitative estimate of drug-likeness (QED) is 0.0887. The van der Waals surface area contributed by atoms with Crippen molar-refractivity contribution in [1.29, 1.82) is 0 Å². The molecule has 4 aromatic carbocycles. The van der Waals surface area contributed by atoms with Gasteiger partial charge in [-0.3, -0.25) is 0 Å². The molecule has 0 atom stereocenters. The Balaban J connectivity index is 1.38. The summed E-state index contributed by atoms with van der Waals surface area (Å²) in [7, 11) is 4.07. The average Bonchev–Trinajstić information content (AvgIpc) is 2.97. The Bertz CT molecular complexity index is 1480. The van der Waals surface area contributed by atoms with E-state index in [1.807, 2.05) is 44.4 Å². The highest BCUT2D eigenvalue weighted by Crippen LogP contribution is 2.34. The van der Waals surface area contributed by atoms with Crippen LogP contribution in [0.1, 0.15) is 36.8 Å². The van der Waals surface area contributed by atoms with Gasteiger partial charge < -0.3 is 14.4 Å². The molecule has 0 aliphatic carbocycles. The third-order valence-corrected chi connectivity index (χ3v) is 6.45. The Morgan fingerprint density at radius 1 is 0.769 bits per heavy atom. The molecule has 0 N–H and O–H groups in total. The summed E-state index contributed by atoms with van der Waals surface area (Å²) in [6.07, 6.45) is 5.02. The van der Waals surface area contributed by atoms with Crippen molar-refractivity contribution in [2.24, 2.45) is 0 Å². The molecule has 0 saturated heterocycles. The highest BCUT2D eigenvalue weighted by Gasteiger charge is 2.10. The van der Waals surface area contributed by atoms with Crippen LogP contribution >= 0.6 is 0 Å². The molecule has 0 aliphatic rings. The van der Waals surface area contributed by atoms with Gasteiger partial charge in [0.15, 0.2) is 0 Å². The third-order valence-electron chi connectivity index (χ3n) is 6.45. The summed E-state index contributed by atoms with van der Waals surface area (Å²) >= 11 is 0. The minimum atomic E-state index is -0.361. The molecule has 0 amide bonds. The molecule has 0 unspecified atom stereocenters. The molecule has 39 heavy (non-hydrogen) atoms. The second-order valence-corrected chi connectivity index (χ2v) is 9.60. The van der Waals surface area contributed by atoms with Gasteiger partial charge in [0.2, 0.25) is 0 Å². The summed E-state index contributed by atoms with van der Waals surface area (Å²) in [5.41, 5.74) is 5.38. The average molecular weight is 518 g/mol. The molecule has 0 saturated carbocycles. The van der Waals surface area contributed by atoms with Crippen molar-refractivity contribution < 1.29 is 14.3 Å². The summed E-state index contributed by atoms with van der Waals surface area (Å²) in [5.74, 6) is 7.03. The maximum absolute atomic E-state index is 11.1. The van der Waals surface area contributed by atoms with Crippen LogP contribution in [0, 0.1) is 11.8 Å². The summed E-state index contributed by atoms with van der Waals surface area (Å²) in [4.78, 5) is 13.2. The van der Waals surface area contributed by atoms with E-state index < -0.39 is 0 Å². The highest BCUT2D eigenvalue weighted by atomic mass is 16.5. The molecule has 4 heteroatoms. The number of hydrogen-bond donors (Lipinski definition) is 0. The topological polar surface area (TPSA) is 38.8 Å². The standard InChI is InChI=1S/C35H35NO3/c1-4-35(37)39-23-11-6-5-10-22-38-34-21-20-32(26-33(34)36(2)3)31-19-18-29-24-28(16-17-30(29)25-31)15-14-27-12-8-7-9-13-27/h4,7-9,12-13,16-21,24-26H,1,5-6,10-11,22-23H2,2-3H3. The van der Waals surface area contributed by atoms with Gasteiger partial charge in [0.1, 0.15) is 5.75 Å². The van der Waals surface area contributed by atoms with Crippen molar-refractivity contribution in [3.63, 3.8) is 0 Å². The van der Waals surface area contributed by atoms with Crippen molar-refractivity contribution in [3.05, 3.63) is 109 Å².